The summed E-state index contributed by atoms with van der Waals surface area (Å²) in [5.74, 6) is 0. The Bertz CT molecular complexity index is 667. The molecule has 0 atom stereocenters. The number of nitrogens with zero attached hydrogens (tertiary/aromatic N) is 2. The first-order chi connectivity index (χ1) is 7.89. The van der Waals surface area contributed by atoms with Gasteiger partial charge in [-0.15, -0.1) is 0 Å². The Morgan fingerprint density at radius 2 is 1.88 bits per heavy atom. The van der Waals surface area contributed by atoms with E-state index in [0.29, 0.717) is 15.7 Å². The normalized spacial score (nSPS) is 11.7. The van der Waals surface area contributed by atoms with E-state index in [9.17, 15) is 8.42 Å². The molecule has 0 unspecified atom stereocenters. The van der Waals surface area contributed by atoms with Crippen LogP contribution in [0.3, 0.4) is 0 Å². The Hall–Kier alpha value is -1.08. The minimum absolute atomic E-state index is 0.115. The largest absolute Gasteiger partial charge is 0.255 e. The van der Waals surface area contributed by atoms with Crippen molar-refractivity contribution in [3.8, 4) is 5.69 Å². The molecule has 0 aliphatic heterocycles. The lowest BCUT2D eigenvalue weighted by atomic mass is 10.3. The number of benzene rings is 1. The topological polar surface area (TPSA) is 78.0 Å². The fourth-order valence-electron chi connectivity index (χ4n) is 1.32. The molecule has 0 spiro atoms. The Labute approximate surface area is 108 Å². The van der Waals surface area contributed by atoms with Gasteiger partial charge in [-0.2, -0.15) is 5.10 Å². The van der Waals surface area contributed by atoms with Crippen LogP contribution in [0, 0.1) is 0 Å². The molecule has 0 saturated heterocycles. The van der Waals surface area contributed by atoms with E-state index in [4.69, 9.17) is 28.3 Å². The first-order valence-electron chi connectivity index (χ1n) is 4.42. The highest BCUT2D eigenvalue weighted by atomic mass is 35.5. The molecule has 0 fully saturated rings. The maximum absolute atomic E-state index is 11.3. The van der Waals surface area contributed by atoms with Gasteiger partial charge in [0.25, 0.3) is 10.0 Å². The second-order valence-corrected chi connectivity index (χ2v) is 5.55. The maximum atomic E-state index is 11.3. The van der Waals surface area contributed by atoms with E-state index in [1.807, 2.05) is 0 Å². The lowest BCUT2D eigenvalue weighted by molar-refractivity contribution is 0.587. The van der Waals surface area contributed by atoms with Crippen molar-refractivity contribution in [1.29, 1.82) is 0 Å². The number of primary sulfonamides is 1. The van der Waals surface area contributed by atoms with Crippen LogP contribution in [0.1, 0.15) is 0 Å². The van der Waals surface area contributed by atoms with Crippen molar-refractivity contribution >= 4 is 33.2 Å². The van der Waals surface area contributed by atoms with Crippen LogP contribution >= 0.6 is 23.2 Å². The molecule has 17 heavy (non-hydrogen) atoms. The van der Waals surface area contributed by atoms with Gasteiger partial charge in [0.2, 0.25) is 0 Å². The minimum Gasteiger partial charge on any atom is -0.223 e. The summed E-state index contributed by atoms with van der Waals surface area (Å²) in [6.07, 6.45) is 1.34. The number of aromatic nitrogens is 2. The maximum Gasteiger partial charge on any atom is 0.255 e. The van der Waals surface area contributed by atoms with Crippen molar-refractivity contribution in [3.05, 3.63) is 40.5 Å². The van der Waals surface area contributed by atoms with Crippen molar-refractivity contribution in [1.82, 2.24) is 9.78 Å². The lowest BCUT2D eigenvalue weighted by Crippen LogP contribution is -2.17. The third-order valence-corrected chi connectivity index (χ3v) is 3.68. The second-order valence-electron chi connectivity index (χ2n) is 3.22. The van der Waals surface area contributed by atoms with Crippen LogP contribution < -0.4 is 5.14 Å². The monoisotopic (exact) mass is 291 g/mol. The van der Waals surface area contributed by atoms with E-state index in [2.05, 4.69) is 5.10 Å². The fraction of sp³-hybridized carbons (Fsp3) is 0. The Morgan fingerprint density at radius 3 is 2.47 bits per heavy atom. The summed E-state index contributed by atoms with van der Waals surface area (Å²) in [7, 11) is -3.84. The highest BCUT2D eigenvalue weighted by Crippen LogP contribution is 2.25. The minimum atomic E-state index is -3.84. The first-order valence-corrected chi connectivity index (χ1v) is 6.72. The van der Waals surface area contributed by atoms with Crippen LogP contribution in [0.25, 0.3) is 5.69 Å². The molecule has 2 aromatic rings. The fourth-order valence-corrected chi connectivity index (χ4v) is 2.25. The zero-order chi connectivity index (χ0) is 12.6. The van der Waals surface area contributed by atoms with E-state index in [0.717, 1.165) is 0 Å². The van der Waals surface area contributed by atoms with Gasteiger partial charge in [-0.05, 0) is 24.3 Å². The predicted octanol–water partition coefficient (Wildman–Crippen LogP) is 1.83. The lowest BCUT2D eigenvalue weighted by Gasteiger charge is -2.06. The summed E-state index contributed by atoms with van der Waals surface area (Å²) in [6, 6.07) is 5.95. The van der Waals surface area contributed by atoms with Crippen molar-refractivity contribution in [2.75, 3.05) is 0 Å². The smallest absolute Gasteiger partial charge is 0.223 e. The molecule has 0 saturated carbocycles. The number of hydrogen-bond donors (Lipinski definition) is 1. The zero-order valence-electron chi connectivity index (χ0n) is 8.34. The average Bonchev–Trinajstić information content (AvgIpc) is 2.70. The van der Waals surface area contributed by atoms with Gasteiger partial charge in [-0.25, -0.2) is 18.2 Å². The molecule has 0 aliphatic carbocycles. The molecule has 90 valence electrons. The van der Waals surface area contributed by atoms with Gasteiger partial charge in [0, 0.05) is 0 Å². The average molecular weight is 292 g/mol. The van der Waals surface area contributed by atoms with Gasteiger partial charge in [0.15, 0.2) is 5.03 Å². The number of halogens is 2. The Balaban J connectivity index is 2.62. The van der Waals surface area contributed by atoms with Crippen molar-refractivity contribution in [2.24, 2.45) is 5.14 Å². The van der Waals surface area contributed by atoms with Crippen molar-refractivity contribution in [2.45, 2.75) is 5.03 Å². The highest BCUT2D eigenvalue weighted by molar-refractivity contribution is 7.89. The van der Waals surface area contributed by atoms with Gasteiger partial charge < -0.3 is 0 Å². The van der Waals surface area contributed by atoms with E-state index < -0.39 is 10.0 Å². The molecular weight excluding hydrogens is 285 g/mol. The summed E-state index contributed by atoms with van der Waals surface area (Å²) in [6.45, 7) is 0. The van der Waals surface area contributed by atoms with Gasteiger partial charge in [0.05, 0.1) is 21.9 Å². The van der Waals surface area contributed by atoms with Crippen LogP contribution in [0.2, 0.25) is 10.0 Å². The number of nitrogens with two attached hydrogens (primary N) is 1. The van der Waals surface area contributed by atoms with Gasteiger partial charge >= 0.3 is 0 Å². The zero-order valence-corrected chi connectivity index (χ0v) is 10.7. The second kappa shape index (κ2) is 4.30. The summed E-state index contributed by atoms with van der Waals surface area (Å²) in [4.78, 5) is 0. The van der Waals surface area contributed by atoms with Gasteiger partial charge in [-0.1, -0.05) is 23.2 Å². The molecular formula is C9H7Cl2N3O2S. The number of hydrogen-bond acceptors (Lipinski definition) is 3. The molecule has 8 heteroatoms. The molecule has 0 aliphatic rings. The van der Waals surface area contributed by atoms with Crippen molar-refractivity contribution in [3.63, 3.8) is 0 Å². The Morgan fingerprint density at radius 1 is 1.18 bits per heavy atom. The molecule has 1 heterocycles. The molecule has 1 aromatic heterocycles. The molecule has 2 N–H and O–H groups in total. The molecule has 0 bridgehead atoms. The van der Waals surface area contributed by atoms with E-state index in [1.165, 1.54) is 23.0 Å². The standard InChI is InChI=1S/C9H7Cl2N3O2S/c10-7-2-1-6(5-8(7)11)14-9(3-4-13-14)17(12,15)16/h1-5H,(H2,12,15,16). The highest BCUT2D eigenvalue weighted by Gasteiger charge is 2.16. The van der Waals surface area contributed by atoms with Crippen molar-refractivity contribution < 1.29 is 8.42 Å². The summed E-state index contributed by atoms with van der Waals surface area (Å²) in [5.41, 5.74) is 0.466. The van der Waals surface area contributed by atoms with Crippen LogP contribution in [-0.4, -0.2) is 18.2 Å². The predicted molar refractivity (Wildman–Crippen MR) is 65.0 cm³/mol. The SMILES string of the molecule is NS(=O)(=O)c1ccnn1-c1ccc(Cl)c(Cl)c1. The molecule has 0 radical (unpaired) electrons. The van der Waals surface area contributed by atoms with Crippen LogP contribution in [0.4, 0.5) is 0 Å². The number of sulfonamides is 1. The molecule has 2 rings (SSSR count). The van der Waals surface area contributed by atoms with Crippen LogP contribution in [0.5, 0.6) is 0 Å². The summed E-state index contributed by atoms with van der Waals surface area (Å²) < 4.78 is 23.8. The van der Waals surface area contributed by atoms with E-state index in [-0.39, 0.29) is 5.03 Å². The van der Waals surface area contributed by atoms with Gasteiger partial charge in [-0.3, -0.25) is 0 Å². The van der Waals surface area contributed by atoms with E-state index >= 15 is 0 Å². The van der Waals surface area contributed by atoms with Crippen LogP contribution in [-0.2, 0) is 10.0 Å². The number of rotatable bonds is 2. The Kier molecular flexibility index (Phi) is 3.13. The molecule has 5 nitrogen and oxygen atoms in total. The summed E-state index contributed by atoms with van der Waals surface area (Å²) >= 11 is 11.6. The third kappa shape index (κ3) is 2.44. The van der Waals surface area contributed by atoms with Crippen LogP contribution in [0.15, 0.2) is 35.5 Å². The third-order valence-electron chi connectivity index (χ3n) is 2.05. The van der Waals surface area contributed by atoms with Gasteiger partial charge in [0.1, 0.15) is 0 Å². The molecule has 1 aromatic carbocycles. The summed E-state index contributed by atoms with van der Waals surface area (Å²) in [5, 5.41) is 9.50. The first kappa shape index (κ1) is 12.4. The molecule has 0 amide bonds. The quantitative estimate of drug-likeness (QED) is 0.917. The van der Waals surface area contributed by atoms with E-state index in [1.54, 1.807) is 12.1 Å².